The van der Waals surface area contributed by atoms with Gasteiger partial charge in [0.2, 0.25) is 5.88 Å². The van der Waals surface area contributed by atoms with Gasteiger partial charge in [0.05, 0.1) is 6.54 Å². The number of anilines is 1. The first-order valence-electron chi connectivity index (χ1n) is 9.72. The maximum atomic E-state index is 12.0. The Balaban J connectivity index is 1.41. The van der Waals surface area contributed by atoms with Crippen LogP contribution in [-0.4, -0.2) is 48.7 Å². The van der Waals surface area contributed by atoms with Gasteiger partial charge in [0.25, 0.3) is 5.91 Å². The molecule has 1 aliphatic heterocycles. The Morgan fingerprint density at radius 2 is 1.93 bits per heavy atom. The molecule has 0 radical (unpaired) electrons. The number of carbonyl (C=O) groups is 1. The minimum atomic E-state index is -0.180. The van der Waals surface area contributed by atoms with Crippen molar-refractivity contribution in [2.24, 2.45) is 0 Å². The molecule has 0 bridgehead atoms. The molecule has 2 aromatic rings. The van der Waals surface area contributed by atoms with Crippen molar-refractivity contribution >= 4 is 11.7 Å². The van der Waals surface area contributed by atoms with Gasteiger partial charge in [0.15, 0.2) is 6.61 Å². The van der Waals surface area contributed by atoms with Gasteiger partial charge in [-0.25, -0.2) is 4.98 Å². The van der Waals surface area contributed by atoms with E-state index < -0.39 is 0 Å². The molecule has 1 aliphatic rings. The van der Waals surface area contributed by atoms with Crippen LogP contribution in [0.5, 0.6) is 11.6 Å². The van der Waals surface area contributed by atoms with E-state index in [0.717, 1.165) is 35.8 Å². The largest absolute Gasteiger partial charge is 0.483 e. The minimum Gasteiger partial charge on any atom is -0.483 e. The first kappa shape index (κ1) is 19.9. The Hall–Kier alpha value is -2.83. The van der Waals surface area contributed by atoms with E-state index in [9.17, 15) is 4.79 Å². The number of aryl methyl sites for hydroxylation is 2. The smallest absolute Gasteiger partial charge is 0.258 e. The van der Waals surface area contributed by atoms with Crippen LogP contribution in [0.15, 0.2) is 24.3 Å². The summed E-state index contributed by atoms with van der Waals surface area (Å²) in [7, 11) is 0. The summed E-state index contributed by atoms with van der Waals surface area (Å²) in [6.45, 7) is 8.61. The number of nitrogens with zero attached hydrogens (tertiary/aromatic N) is 3. The van der Waals surface area contributed by atoms with Crippen LogP contribution in [-0.2, 0) is 4.79 Å². The highest BCUT2D eigenvalue weighted by atomic mass is 16.5. The second-order valence-corrected chi connectivity index (χ2v) is 6.99. The molecule has 1 fully saturated rings. The Morgan fingerprint density at radius 1 is 1.14 bits per heavy atom. The molecule has 1 aromatic heterocycles. The SMILES string of the molecule is Cc1nc(OCCNC(=O)COc2cccc(C)c2C)cc(N2CCCC2)n1. The summed E-state index contributed by atoms with van der Waals surface area (Å²) < 4.78 is 11.3. The molecule has 1 aromatic carbocycles. The number of nitrogens with one attached hydrogen (secondary N) is 1. The third kappa shape index (κ3) is 5.34. The first-order chi connectivity index (χ1) is 13.5. The van der Waals surface area contributed by atoms with Gasteiger partial charge < -0.3 is 19.7 Å². The molecule has 0 saturated carbocycles. The van der Waals surface area contributed by atoms with Crippen molar-refractivity contribution < 1.29 is 14.3 Å². The van der Waals surface area contributed by atoms with Gasteiger partial charge in [-0.15, -0.1) is 0 Å². The molecule has 28 heavy (non-hydrogen) atoms. The van der Waals surface area contributed by atoms with Crippen LogP contribution in [0.3, 0.4) is 0 Å². The van der Waals surface area contributed by atoms with Crippen molar-refractivity contribution in [3.05, 3.63) is 41.2 Å². The van der Waals surface area contributed by atoms with Gasteiger partial charge >= 0.3 is 0 Å². The van der Waals surface area contributed by atoms with E-state index in [4.69, 9.17) is 9.47 Å². The van der Waals surface area contributed by atoms with Crippen LogP contribution in [0.2, 0.25) is 0 Å². The van der Waals surface area contributed by atoms with Crippen molar-refractivity contribution in [1.29, 1.82) is 0 Å². The summed E-state index contributed by atoms with van der Waals surface area (Å²) in [5.41, 5.74) is 2.19. The fourth-order valence-corrected chi connectivity index (χ4v) is 3.13. The zero-order chi connectivity index (χ0) is 19.9. The van der Waals surface area contributed by atoms with E-state index in [0.29, 0.717) is 24.9 Å². The first-order valence-corrected chi connectivity index (χ1v) is 9.72. The summed E-state index contributed by atoms with van der Waals surface area (Å²) >= 11 is 0. The van der Waals surface area contributed by atoms with Crippen LogP contribution < -0.4 is 19.7 Å². The number of hydrogen-bond donors (Lipinski definition) is 1. The zero-order valence-corrected chi connectivity index (χ0v) is 16.8. The molecule has 0 unspecified atom stereocenters. The molecule has 7 nitrogen and oxygen atoms in total. The number of benzene rings is 1. The molecule has 1 N–H and O–H groups in total. The average molecular weight is 384 g/mol. The van der Waals surface area contributed by atoms with E-state index in [1.807, 2.05) is 45.0 Å². The lowest BCUT2D eigenvalue weighted by Gasteiger charge is -2.17. The van der Waals surface area contributed by atoms with Crippen LogP contribution in [0.1, 0.15) is 29.8 Å². The number of carbonyl (C=O) groups excluding carboxylic acids is 1. The molecular weight excluding hydrogens is 356 g/mol. The van der Waals surface area contributed by atoms with Gasteiger partial charge in [0, 0.05) is 19.2 Å². The summed E-state index contributed by atoms with van der Waals surface area (Å²) in [6, 6.07) is 7.67. The van der Waals surface area contributed by atoms with E-state index in [1.165, 1.54) is 12.8 Å². The third-order valence-electron chi connectivity index (χ3n) is 4.82. The molecule has 2 heterocycles. The molecule has 1 saturated heterocycles. The zero-order valence-electron chi connectivity index (χ0n) is 16.8. The van der Waals surface area contributed by atoms with Gasteiger partial charge in [-0.3, -0.25) is 4.79 Å². The summed E-state index contributed by atoms with van der Waals surface area (Å²) in [6.07, 6.45) is 2.38. The van der Waals surface area contributed by atoms with Gasteiger partial charge in [-0.2, -0.15) is 4.98 Å². The van der Waals surface area contributed by atoms with Gasteiger partial charge in [-0.1, -0.05) is 12.1 Å². The molecular formula is C21H28N4O3. The number of ether oxygens (including phenoxy) is 2. The molecule has 0 atom stereocenters. The Morgan fingerprint density at radius 3 is 2.71 bits per heavy atom. The highest BCUT2D eigenvalue weighted by molar-refractivity contribution is 5.77. The Bertz CT molecular complexity index is 819. The molecule has 1 amide bonds. The van der Waals surface area contributed by atoms with Crippen molar-refractivity contribution in [3.63, 3.8) is 0 Å². The quantitative estimate of drug-likeness (QED) is 0.705. The lowest BCUT2D eigenvalue weighted by molar-refractivity contribution is -0.123. The van der Waals surface area contributed by atoms with E-state index in [-0.39, 0.29) is 12.5 Å². The van der Waals surface area contributed by atoms with E-state index >= 15 is 0 Å². The average Bonchev–Trinajstić information content (AvgIpc) is 3.21. The molecule has 0 aliphatic carbocycles. The van der Waals surface area contributed by atoms with Gasteiger partial charge in [0.1, 0.15) is 24.0 Å². The van der Waals surface area contributed by atoms with Gasteiger partial charge in [-0.05, 0) is 50.8 Å². The van der Waals surface area contributed by atoms with Crippen LogP contribution in [0.25, 0.3) is 0 Å². The summed E-state index contributed by atoms with van der Waals surface area (Å²) in [4.78, 5) is 23.0. The summed E-state index contributed by atoms with van der Waals surface area (Å²) in [5.74, 6) is 2.69. The highest BCUT2D eigenvalue weighted by Crippen LogP contribution is 2.22. The third-order valence-corrected chi connectivity index (χ3v) is 4.82. The maximum Gasteiger partial charge on any atom is 0.258 e. The number of aromatic nitrogens is 2. The van der Waals surface area contributed by atoms with Crippen molar-refractivity contribution in [2.75, 3.05) is 37.7 Å². The monoisotopic (exact) mass is 384 g/mol. The van der Waals surface area contributed by atoms with Crippen molar-refractivity contribution in [1.82, 2.24) is 15.3 Å². The maximum absolute atomic E-state index is 12.0. The van der Waals surface area contributed by atoms with Crippen molar-refractivity contribution in [2.45, 2.75) is 33.6 Å². The number of amides is 1. The van der Waals surface area contributed by atoms with E-state index in [2.05, 4.69) is 20.2 Å². The fourth-order valence-electron chi connectivity index (χ4n) is 3.13. The molecule has 150 valence electrons. The number of hydrogen-bond acceptors (Lipinski definition) is 6. The standard InChI is InChI=1S/C21H28N4O3/c1-15-7-6-8-18(16(15)2)28-14-20(26)22-9-12-27-21-13-19(23-17(3)24-21)25-10-4-5-11-25/h6-8,13H,4-5,9-12,14H2,1-3H3,(H,22,26). The highest BCUT2D eigenvalue weighted by Gasteiger charge is 2.15. The normalized spacial score (nSPS) is 13.5. The predicted octanol–water partition coefficient (Wildman–Crippen LogP) is 2.58. The second-order valence-electron chi connectivity index (χ2n) is 6.99. The van der Waals surface area contributed by atoms with Crippen LogP contribution >= 0.6 is 0 Å². The van der Waals surface area contributed by atoms with Crippen LogP contribution in [0, 0.1) is 20.8 Å². The predicted molar refractivity (Wildman–Crippen MR) is 108 cm³/mol. The topological polar surface area (TPSA) is 76.6 Å². The van der Waals surface area contributed by atoms with E-state index in [1.54, 1.807) is 0 Å². The molecule has 0 spiro atoms. The fraction of sp³-hybridized carbons (Fsp3) is 0.476. The Kier molecular flexibility index (Phi) is 6.68. The number of rotatable bonds is 8. The second kappa shape index (κ2) is 9.39. The molecule has 3 rings (SSSR count). The lowest BCUT2D eigenvalue weighted by atomic mass is 10.1. The Labute approximate surface area is 166 Å². The molecule has 7 heteroatoms. The lowest BCUT2D eigenvalue weighted by Crippen LogP contribution is -2.32. The minimum absolute atomic E-state index is 0.0178. The van der Waals surface area contributed by atoms with Crippen LogP contribution in [0.4, 0.5) is 5.82 Å². The summed E-state index contributed by atoms with van der Waals surface area (Å²) in [5, 5.41) is 2.80. The van der Waals surface area contributed by atoms with Crippen molar-refractivity contribution in [3.8, 4) is 11.6 Å².